The van der Waals surface area contributed by atoms with E-state index in [9.17, 15) is 9.59 Å². The van der Waals surface area contributed by atoms with E-state index in [1.165, 1.54) is 0 Å². The first-order valence-electron chi connectivity index (χ1n) is 10.3. The molecular formula is C24H23Cl2N3O4. The number of rotatable bonds is 9. The molecule has 1 aromatic heterocycles. The van der Waals surface area contributed by atoms with Crippen molar-refractivity contribution in [2.45, 2.75) is 26.9 Å². The molecule has 1 N–H and O–H groups in total. The molecule has 0 atom stereocenters. The molecular weight excluding hydrogens is 465 g/mol. The van der Waals surface area contributed by atoms with Crippen LogP contribution < -0.4 is 10.1 Å². The maximum Gasteiger partial charge on any atom is 0.325 e. The first-order chi connectivity index (χ1) is 15.9. The Morgan fingerprint density at radius 2 is 1.76 bits per heavy atom. The Labute approximate surface area is 202 Å². The molecule has 1 heterocycles. The number of hydrogen-bond donors (Lipinski definition) is 1. The molecule has 0 unspecified atom stereocenters. The number of benzene rings is 2. The lowest BCUT2D eigenvalue weighted by molar-refractivity contribution is -0.141. The van der Waals surface area contributed by atoms with Gasteiger partial charge in [-0.3, -0.25) is 9.59 Å². The molecule has 0 saturated heterocycles. The molecule has 2 aromatic carbocycles. The van der Waals surface area contributed by atoms with Gasteiger partial charge in [0.15, 0.2) is 11.4 Å². The zero-order valence-corrected chi connectivity index (χ0v) is 19.7. The molecule has 9 heteroatoms. The van der Waals surface area contributed by atoms with E-state index in [4.69, 9.17) is 32.7 Å². The van der Waals surface area contributed by atoms with Crippen LogP contribution in [-0.2, 0) is 22.6 Å². The maximum atomic E-state index is 12.9. The summed E-state index contributed by atoms with van der Waals surface area (Å²) in [4.78, 5) is 33.6. The molecule has 0 aliphatic carbocycles. The lowest BCUT2D eigenvalue weighted by Gasteiger charge is -2.15. The Kier molecular flexibility index (Phi) is 8.63. The smallest absolute Gasteiger partial charge is 0.325 e. The summed E-state index contributed by atoms with van der Waals surface area (Å²) in [5.74, 6) is -0.455. The molecule has 0 aliphatic heterocycles. The molecule has 0 bridgehead atoms. The molecule has 0 aliphatic rings. The van der Waals surface area contributed by atoms with Crippen LogP contribution in [0.1, 0.15) is 40.1 Å². The topological polar surface area (TPSA) is 90.4 Å². The number of ether oxygens (including phenoxy) is 2. The van der Waals surface area contributed by atoms with Crippen LogP contribution in [0.4, 0.5) is 0 Å². The minimum absolute atomic E-state index is 0.0396. The van der Waals surface area contributed by atoms with Crippen LogP contribution in [0, 0.1) is 6.92 Å². The summed E-state index contributed by atoms with van der Waals surface area (Å²) < 4.78 is 10.8. The van der Waals surface area contributed by atoms with Crippen molar-refractivity contribution in [2.24, 2.45) is 0 Å². The van der Waals surface area contributed by atoms with Gasteiger partial charge in [0, 0.05) is 6.42 Å². The van der Waals surface area contributed by atoms with Crippen molar-refractivity contribution in [3.8, 4) is 5.75 Å². The second-order valence-corrected chi connectivity index (χ2v) is 7.90. The number of amides is 1. The Morgan fingerprint density at radius 3 is 2.45 bits per heavy atom. The molecule has 3 rings (SSSR count). The van der Waals surface area contributed by atoms with Crippen LogP contribution in [0.3, 0.4) is 0 Å². The number of nitrogens with one attached hydrogen (secondary N) is 1. The van der Waals surface area contributed by atoms with E-state index in [0.29, 0.717) is 28.0 Å². The largest absolute Gasteiger partial charge is 0.485 e. The van der Waals surface area contributed by atoms with E-state index in [0.717, 1.165) is 11.1 Å². The summed E-state index contributed by atoms with van der Waals surface area (Å²) in [7, 11) is 0. The van der Waals surface area contributed by atoms with E-state index in [2.05, 4.69) is 15.3 Å². The van der Waals surface area contributed by atoms with Crippen LogP contribution in [0.15, 0.2) is 48.5 Å². The third kappa shape index (κ3) is 6.91. The van der Waals surface area contributed by atoms with Crippen LogP contribution >= 0.6 is 23.2 Å². The highest BCUT2D eigenvalue weighted by atomic mass is 35.5. The van der Waals surface area contributed by atoms with E-state index >= 15 is 0 Å². The van der Waals surface area contributed by atoms with Crippen molar-refractivity contribution < 1.29 is 19.1 Å². The van der Waals surface area contributed by atoms with E-state index in [-0.39, 0.29) is 31.2 Å². The highest BCUT2D eigenvalue weighted by Crippen LogP contribution is 2.26. The average Bonchev–Trinajstić information content (AvgIpc) is 2.80. The van der Waals surface area contributed by atoms with Crippen molar-refractivity contribution in [1.29, 1.82) is 0 Å². The Morgan fingerprint density at radius 1 is 1.00 bits per heavy atom. The number of carbonyl (C=O) groups is 2. The van der Waals surface area contributed by atoms with Crippen molar-refractivity contribution in [1.82, 2.24) is 15.3 Å². The van der Waals surface area contributed by atoms with Gasteiger partial charge >= 0.3 is 5.97 Å². The van der Waals surface area contributed by atoms with Gasteiger partial charge in [-0.2, -0.15) is 0 Å². The zero-order valence-electron chi connectivity index (χ0n) is 18.2. The van der Waals surface area contributed by atoms with E-state index < -0.39 is 11.9 Å². The molecule has 3 aromatic rings. The lowest BCUT2D eigenvalue weighted by atomic mass is 10.1. The highest BCUT2D eigenvalue weighted by molar-refractivity contribution is 6.42. The van der Waals surface area contributed by atoms with Gasteiger partial charge in [0.2, 0.25) is 0 Å². The molecule has 33 heavy (non-hydrogen) atoms. The Balaban J connectivity index is 1.88. The number of halogens is 2. The van der Waals surface area contributed by atoms with Gasteiger partial charge in [0.05, 0.1) is 22.3 Å². The summed E-state index contributed by atoms with van der Waals surface area (Å²) in [5, 5.41) is 3.40. The first-order valence-corrected chi connectivity index (χ1v) is 11.0. The van der Waals surface area contributed by atoms with Gasteiger partial charge in [-0.15, -0.1) is 0 Å². The maximum absolute atomic E-state index is 12.9. The van der Waals surface area contributed by atoms with Crippen LogP contribution in [0.5, 0.6) is 5.75 Å². The molecule has 0 saturated carbocycles. The summed E-state index contributed by atoms with van der Waals surface area (Å²) in [6, 6.07) is 14.8. The molecule has 0 spiro atoms. The van der Waals surface area contributed by atoms with Gasteiger partial charge in [0.25, 0.3) is 5.91 Å². The zero-order chi connectivity index (χ0) is 23.8. The standard InChI is InChI=1S/C24H23Cl2N3O4/c1-3-32-21(30)13-27-24(31)22-23(33-14-16-7-5-4-6-8-16)15(2)28-20(29-22)12-17-9-10-18(25)19(26)11-17/h4-11H,3,12-14H2,1-2H3,(H,27,31). The molecule has 1 amide bonds. The predicted molar refractivity (Wildman–Crippen MR) is 126 cm³/mol. The molecule has 172 valence electrons. The normalized spacial score (nSPS) is 10.5. The van der Waals surface area contributed by atoms with Gasteiger partial charge in [0.1, 0.15) is 19.0 Å². The third-order valence-corrected chi connectivity index (χ3v) is 5.31. The minimum atomic E-state index is -0.563. The number of carbonyl (C=O) groups excluding carboxylic acids is 2. The molecule has 0 fully saturated rings. The Hall–Kier alpha value is -3.16. The summed E-state index contributed by atoms with van der Waals surface area (Å²) in [5.41, 5.74) is 2.30. The van der Waals surface area contributed by atoms with Crippen LogP contribution in [-0.4, -0.2) is 35.0 Å². The average molecular weight is 488 g/mol. The van der Waals surface area contributed by atoms with E-state index in [1.807, 2.05) is 36.4 Å². The fraction of sp³-hybridized carbons (Fsp3) is 0.250. The predicted octanol–water partition coefficient (Wildman–Crippen LogP) is 4.55. The van der Waals surface area contributed by atoms with Crippen molar-refractivity contribution in [3.63, 3.8) is 0 Å². The highest BCUT2D eigenvalue weighted by Gasteiger charge is 2.21. The fourth-order valence-corrected chi connectivity index (χ4v) is 3.36. The third-order valence-electron chi connectivity index (χ3n) is 4.57. The van der Waals surface area contributed by atoms with Gasteiger partial charge < -0.3 is 14.8 Å². The van der Waals surface area contributed by atoms with Crippen LogP contribution in [0.2, 0.25) is 10.0 Å². The lowest BCUT2D eigenvalue weighted by Crippen LogP contribution is -2.32. The number of aromatic nitrogens is 2. The Bertz CT molecular complexity index is 1140. The van der Waals surface area contributed by atoms with Crippen molar-refractivity contribution in [3.05, 3.63) is 86.9 Å². The van der Waals surface area contributed by atoms with Crippen molar-refractivity contribution in [2.75, 3.05) is 13.2 Å². The first kappa shape index (κ1) is 24.5. The summed E-state index contributed by atoms with van der Waals surface area (Å²) >= 11 is 12.1. The summed E-state index contributed by atoms with van der Waals surface area (Å²) in [6.45, 7) is 3.60. The van der Waals surface area contributed by atoms with Gasteiger partial charge in [-0.25, -0.2) is 9.97 Å². The second-order valence-electron chi connectivity index (χ2n) is 7.09. The minimum Gasteiger partial charge on any atom is -0.485 e. The van der Waals surface area contributed by atoms with Crippen LogP contribution in [0.25, 0.3) is 0 Å². The number of aryl methyl sites for hydroxylation is 1. The SMILES string of the molecule is CCOC(=O)CNC(=O)c1nc(Cc2ccc(Cl)c(Cl)c2)nc(C)c1OCc1ccccc1. The van der Waals surface area contributed by atoms with E-state index in [1.54, 1.807) is 26.0 Å². The van der Waals surface area contributed by atoms with Crippen molar-refractivity contribution >= 4 is 35.1 Å². The molecule has 0 radical (unpaired) electrons. The number of esters is 1. The summed E-state index contributed by atoms with van der Waals surface area (Å²) in [6.07, 6.45) is 0.328. The van der Waals surface area contributed by atoms with Gasteiger partial charge in [-0.05, 0) is 37.1 Å². The number of hydrogen-bond acceptors (Lipinski definition) is 6. The molecule has 7 nitrogen and oxygen atoms in total. The van der Waals surface area contributed by atoms with Gasteiger partial charge in [-0.1, -0.05) is 59.6 Å². The number of nitrogens with zero attached hydrogens (tertiary/aromatic N) is 2. The monoisotopic (exact) mass is 487 g/mol. The second kappa shape index (κ2) is 11.6. The fourth-order valence-electron chi connectivity index (χ4n) is 3.04. The quantitative estimate of drug-likeness (QED) is 0.445.